The molecule has 0 radical (unpaired) electrons. The summed E-state index contributed by atoms with van der Waals surface area (Å²) >= 11 is 7.46. The Bertz CT molecular complexity index is 1120. The number of likely N-dealkylation sites (N-methyl/N-ethyl adjacent to an activating group) is 1. The molecule has 1 aromatic carbocycles. The van der Waals surface area contributed by atoms with Crippen molar-refractivity contribution >= 4 is 45.7 Å². The second-order valence-corrected chi connectivity index (χ2v) is 9.21. The zero-order chi connectivity index (χ0) is 20.1. The Morgan fingerprint density at radius 1 is 1.24 bits per heavy atom. The quantitative estimate of drug-likeness (QED) is 0.594. The van der Waals surface area contributed by atoms with Crippen LogP contribution in [0.2, 0.25) is 5.02 Å². The Hall–Kier alpha value is -2.42. The number of halogens is 1. The number of nitrogens with zero attached hydrogens (tertiary/aromatic N) is 2. The van der Waals surface area contributed by atoms with E-state index in [4.69, 9.17) is 11.6 Å². The Morgan fingerprint density at radius 2 is 2.03 bits per heavy atom. The van der Waals surface area contributed by atoms with Gasteiger partial charge in [0.2, 0.25) is 0 Å². The maximum Gasteiger partial charge on any atom is 0.280 e. The lowest BCUT2D eigenvalue weighted by Crippen LogP contribution is -2.34. The van der Waals surface area contributed by atoms with Crippen molar-refractivity contribution in [2.75, 3.05) is 13.6 Å². The molecule has 1 aliphatic heterocycles. The first-order valence-electron chi connectivity index (χ1n) is 9.53. The molecule has 9 heteroatoms. The van der Waals surface area contributed by atoms with Crippen molar-refractivity contribution in [1.82, 2.24) is 25.5 Å². The van der Waals surface area contributed by atoms with Gasteiger partial charge in [0.15, 0.2) is 5.01 Å². The van der Waals surface area contributed by atoms with Crippen LogP contribution in [0, 0.1) is 0 Å². The molecule has 150 valence electrons. The lowest BCUT2D eigenvalue weighted by atomic mass is 10.2. The summed E-state index contributed by atoms with van der Waals surface area (Å²) in [5.74, 6) is -0.346. The number of benzene rings is 1. The summed E-state index contributed by atoms with van der Waals surface area (Å²) in [5, 5.41) is 7.98. The molecule has 29 heavy (non-hydrogen) atoms. The Labute approximate surface area is 176 Å². The summed E-state index contributed by atoms with van der Waals surface area (Å²) in [5.41, 5.74) is 2.38. The topological polar surface area (TPSA) is 90.1 Å². The highest BCUT2D eigenvalue weighted by atomic mass is 35.5. The maximum atomic E-state index is 12.5. The number of amides is 2. The van der Waals surface area contributed by atoms with Gasteiger partial charge in [0, 0.05) is 40.3 Å². The molecule has 7 nitrogen and oxygen atoms in total. The molecule has 2 amide bonds. The summed E-state index contributed by atoms with van der Waals surface area (Å²) in [4.78, 5) is 36.1. The van der Waals surface area contributed by atoms with Crippen molar-refractivity contribution in [3.8, 4) is 0 Å². The van der Waals surface area contributed by atoms with Gasteiger partial charge in [-0.25, -0.2) is 4.98 Å². The number of carbonyl (C=O) groups excluding carboxylic acids is 2. The van der Waals surface area contributed by atoms with Crippen LogP contribution in [0.15, 0.2) is 24.3 Å². The Morgan fingerprint density at radius 3 is 2.86 bits per heavy atom. The Kier molecular flexibility index (Phi) is 4.57. The third-order valence-corrected chi connectivity index (χ3v) is 6.68. The highest BCUT2D eigenvalue weighted by molar-refractivity contribution is 7.13. The van der Waals surface area contributed by atoms with E-state index in [2.05, 4.69) is 32.5 Å². The number of aromatic nitrogens is 2. The van der Waals surface area contributed by atoms with E-state index in [1.807, 2.05) is 12.1 Å². The zero-order valence-corrected chi connectivity index (χ0v) is 17.4. The number of H-pyrrole nitrogens is 1. The summed E-state index contributed by atoms with van der Waals surface area (Å²) in [7, 11) is 2.07. The third kappa shape index (κ3) is 3.75. The summed E-state index contributed by atoms with van der Waals surface area (Å²) in [6.07, 6.45) is 1.60. The number of nitrogens with one attached hydrogen (secondary N) is 3. The van der Waals surface area contributed by atoms with Gasteiger partial charge < -0.3 is 20.5 Å². The number of thiazole rings is 1. The smallest absolute Gasteiger partial charge is 0.280 e. The predicted octanol–water partition coefficient (Wildman–Crippen LogP) is 2.57. The molecule has 1 fully saturated rings. The molecule has 1 aliphatic carbocycles. The van der Waals surface area contributed by atoms with Crippen LogP contribution in [-0.4, -0.2) is 52.4 Å². The van der Waals surface area contributed by atoms with Gasteiger partial charge in [0.05, 0.1) is 17.8 Å². The molecule has 0 saturated heterocycles. The van der Waals surface area contributed by atoms with Gasteiger partial charge in [-0.2, -0.15) is 0 Å². The van der Waals surface area contributed by atoms with E-state index < -0.39 is 0 Å². The van der Waals surface area contributed by atoms with E-state index in [0.29, 0.717) is 15.7 Å². The molecule has 0 unspecified atom stereocenters. The van der Waals surface area contributed by atoms with Crippen LogP contribution in [0.3, 0.4) is 0 Å². The van der Waals surface area contributed by atoms with Gasteiger partial charge in [0.1, 0.15) is 5.69 Å². The van der Waals surface area contributed by atoms with Gasteiger partial charge in [-0.1, -0.05) is 11.6 Å². The minimum atomic E-state index is -0.188. The minimum absolute atomic E-state index is 0.0612. The highest BCUT2D eigenvalue weighted by Crippen LogP contribution is 2.27. The number of hydrogen-bond acceptors (Lipinski definition) is 5. The Balaban J connectivity index is 1.19. The largest absolute Gasteiger partial charge is 0.351 e. The van der Waals surface area contributed by atoms with Crippen LogP contribution >= 0.6 is 22.9 Å². The normalized spacial score (nSPS) is 21.0. The molecule has 0 spiro atoms. The van der Waals surface area contributed by atoms with Crippen molar-refractivity contribution in [3.05, 3.63) is 50.6 Å². The fourth-order valence-corrected chi connectivity index (χ4v) is 4.91. The van der Waals surface area contributed by atoms with Crippen LogP contribution in [0.4, 0.5) is 0 Å². The second-order valence-electron chi connectivity index (χ2n) is 7.69. The maximum absolute atomic E-state index is 12.5. The van der Waals surface area contributed by atoms with Gasteiger partial charge in [0.25, 0.3) is 11.8 Å². The molecular weight excluding hydrogens is 410 g/mol. The van der Waals surface area contributed by atoms with Crippen molar-refractivity contribution in [3.63, 3.8) is 0 Å². The van der Waals surface area contributed by atoms with E-state index in [0.717, 1.165) is 42.5 Å². The fraction of sp³-hybridized carbons (Fsp3) is 0.350. The van der Waals surface area contributed by atoms with Gasteiger partial charge >= 0.3 is 0 Å². The average molecular weight is 430 g/mol. The first-order chi connectivity index (χ1) is 14.0. The molecule has 2 aliphatic rings. The summed E-state index contributed by atoms with van der Waals surface area (Å²) < 4.78 is 0. The SMILES string of the molecule is CN1CCc2nc(C(=O)N[C@@H]3C[C@H]3NC(=O)c3cc4cc(Cl)ccc4[nH]3)sc2C1. The number of aromatic amines is 1. The van der Waals surface area contributed by atoms with Crippen LogP contribution in [0.5, 0.6) is 0 Å². The van der Waals surface area contributed by atoms with E-state index in [9.17, 15) is 9.59 Å². The molecule has 3 aromatic rings. The van der Waals surface area contributed by atoms with Gasteiger partial charge in [-0.05, 0) is 37.7 Å². The number of rotatable bonds is 4. The van der Waals surface area contributed by atoms with Crippen LogP contribution in [-0.2, 0) is 13.0 Å². The third-order valence-electron chi connectivity index (χ3n) is 5.37. The number of carbonyl (C=O) groups is 2. The van der Waals surface area contributed by atoms with Crippen molar-refractivity contribution in [1.29, 1.82) is 0 Å². The van der Waals surface area contributed by atoms with Crippen molar-refractivity contribution in [2.45, 2.75) is 31.5 Å². The standard InChI is InChI=1S/C20H20ClN5O2S/c1-26-5-4-13-17(9-26)29-20(25-13)19(28)24-15-8-14(15)23-18(27)16-7-10-6-11(21)2-3-12(10)22-16/h2-3,6-7,14-15,22H,4-5,8-9H2,1H3,(H,23,27)(H,24,28)/t14-,15-/m1/s1. The first kappa shape index (κ1) is 18.6. The summed E-state index contributed by atoms with van der Waals surface area (Å²) in [6, 6.07) is 7.10. The van der Waals surface area contributed by atoms with Gasteiger partial charge in [-0.15, -0.1) is 11.3 Å². The van der Waals surface area contributed by atoms with Crippen LogP contribution in [0.25, 0.3) is 10.9 Å². The number of fused-ring (bicyclic) bond motifs is 2. The first-order valence-corrected chi connectivity index (χ1v) is 10.7. The highest BCUT2D eigenvalue weighted by Gasteiger charge is 2.40. The summed E-state index contributed by atoms with van der Waals surface area (Å²) in [6.45, 7) is 1.81. The zero-order valence-electron chi connectivity index (χ0n) is 15.8. The lowest BCUT2D eigenvalue weighted by Gasteiger charge is -2.20. The molecule has 3 N–H and O–H groups in total. The van der Waals surface area contributed by atoms with E-state index >= 15 is 0 Å². The average Bonchev–Trinajstić information content (AvgIpc) is 3.09. The molecule has 5 rings (SSSR count). The monoisotopic (exact) mass is 429 g/mol. The van der Waals surface area contributed by atoms with E-state index in [1.165, 1.54) is 16.2 Å². The predicted molar refractivity (Wildman–Crippen MR) is 113 cm³/mol. The second kappa shape index (κ2) is 7.12. The fourth-order valence-electron chi connectivity index (χ4n) is 3.64. The molecule has 0 bridgehead atoms. The van der Waals surface area contributed by atoms with Crippen molar-refractivity contribution in [2.24, 2.45) is 0 Å². The van der Waals surface area contributed by atoms with Gasteiger partial charge in [-0.3, -0.25) is 9.59 Å². The lowest BCUT2D eigenvalue weighted by molar-refractivity contribution is 0.0924. The molecule has 2 atom stereocenters. The van der Waals surface area contributed by atoms with E-state index in [1.54, 1.807) is 12.1 Å². The van der Waals surface area contributed by atoms with E-state index in [-0.39, 0.29) is 23.9 Å². The van der Waals surface area contributed by atoms with Crippen LogP contribution in [0.1, 0.15) is 37.3 Å². The molecule has 2 aromatic heterocycles. The van der Waals surface area contributed by atoms with Crippen LogP contribution < -0.4 is 10.6 Å². The van der Waals surface area contributed by atoms with Crippen molar-refractivity contribution < 1.29 is 9.59 Å². The molecular formula is C20H20ClN5O2S. The molecule has 3 heterocycles. The minimum Gasteiger partial charge on any atom is -0.351 e. The molecule has 1 saturated carbocycles. The number of hydrogen-bond donors (Lipinski definition) is 3.